The lowest BCUT2D eigenvalue weighted by Crippen LogP contribution is -2.62. The third-order valence-electron chi connectivity index (χ3n) is 3.25. The lowest BCUT2D eigenvalue weighted by Gasteiger charge is -2.47. The predicted octanol–water partition coefficient (Wildman–Crippen LogP) is 2.57. The normalized spacial score (nSPS) is 17.6. The summed E-state index contributed by atoms with van der Waals surface area (Å²) in [5, 5.41) is 10.5. The van der Waals surface area contributed by atoms with E-state index in [1.165, 1.54) is 17.0 Å². The molecule has 1 saturated heterocycles. The number of aliphatic hydroxyl groups is 1. The Hall–Kier alpha value is -1.62. The fourth-order valence-electron chi connectivity index (χ4n) is 2.36. The van der Waals surface area contributed by atoms with Crippen molar-refractivity contribution in [1.82, 2.24) is 4.90 Å². The minimum absolute atomic E-state index is 0.161. The molecule has 0 spiro atoms. The topological polar surface area (TPSA) is 49.8 Å². The van der Waals surface area contributed by atoms with Crippen LogP contribution in [-0.2, 0) is 10.3 Å². The van der Waals surface area contributed by atoms with E-state index in [9.17, 15) is 14.3 Å². The molecule has 0 unspecified atom stereocenters. The first-order valence-corrected chi connectivity index (χ1v) is 6.58. The number of aryl methyl sites for hydroxylation is 1. The van der Waals surface area contributed by atoms with E-state index in [1.54, 1.807) is 33.8 Å². The van der Waals surface area contributed by atoms with E-state index in [4.69, 9.17) is 4.74 Å². The monoisotopic (exact) mass is 281 g/mol. The number of nitrogens with zero attached hydrogens (tertiary/aromatic N) is 1. The van der Waals surface area contributed by atoms with Crippen molar-refractivity contribution in [3.05, 3.63) is 35.1 Å². The molecule has 4 nitrogen and oxygen atoms in total. The van der Waals surface area contributed by atoms with Crippen molar-refractivity contribution in [3.63, 3.8) is 0 Å². The van der Waals surface area contributed by atoms with E-state index in [2.05, 4.69) is 0 Å². The van der Waals surface area contributed by atoms with Crippen molar-refractivity contribution in [2.24, 2.45) is 0 Å². The first-order chi connectivity index (χ1) is 9.11. The van der Waals surface area contributed by atoms with Gasteiger partial charge in [0.25, 0.3) is 0 Å². The summed E-state index contributed by atoms with van der Waals surface area (Å²) < 4.78 is 18.3. The van der Waals surface area contributed by atoms with E-state index in [0.717, 1.165) is 0 Å². The van der Waals surface area contributed by atoms with Crippen molar-refractivity contribution in [2.45, 2.75) is 38.9 Å². The summed E-state index contributed by atoms with van der Waals surface area (Å²) >= 11 is 0. The number of benzene rings is 1. The molecular weight excluding hydrogens is 261 g/mol. The van der Waals surface area contributed by atoms with Gasteiger partial charge >= 0.3 is 6.09 Å². The summed E-state index contributed by atoms with van der Waals surface area (Å²) in [6.45, 7) is 7.44. The van der Waals surface area contributed by atoms with Crippen LogP contribution in [0.3, 0.4) is 0 Å². The van der Waals surface area contributed by atoms with Gasteiger partial charge < -0.3 is 14.7 Å². The Bertz CT molecular complexity index is 530. The SMILES string of the molecule is Cc1cc(F)ccc1C1(O)CN(C(=O)OC(C)(C)C)C1. The Kier molecular flexibility index (Phi) is 3.50. The second-order valence-electron chi connectivity index (χ2n) is 6.33. The van der Waals surface area contributed by atoms with Gasteiger partial charge in [0.05, 0.1) is 13.1 Å². The van der Waals surface area contributed by atoms with Crippen molar-refractivity contribution < 1.29 is 19.0 Å². The maximum atomic E-state index is 13.1. The second kappa shape index (κ2) is 4.74. The molecule has 1 aliphatic rings. The van der Waals surface area contributed by atoms with Gasteiger partial charge in [0.15, 0.2) is 0 Å². The Balaban J connectivity index is 2.05. The van der Waals surface area contributed by atoms with E-state index in [1.807, 2.05) is 0 Å². The number of carbonyl (C=O) groups is 1. The van der Waals surface area contributed by atoms with E-state index in [0.29, 0.717) is 11.1 Å². The molecule has 1 amide bonds. The highest BCUT2D eigenvalue weighted by Crippen LogP contribution is 2.34. The van der Waals surface area contributed by atoms with Crippen LogP contribution in [0, 0.1) is 12.7 Å². The number of hydrogen-bond donors (Lipinski definition) is 1. The number of halogens is 1. The fraction of sp³-hybridized carbons (Fsp3) is 0.533. The molecule has 0 radical (unpaired) electrons. The molecule has 110 valence electrons. The molecule has 1 aromatic rings. The van der Waals surface area contributed by atoms with Crippen LogP contribution in [-0.4, -0.2) is 34.8 Å². The molecule has 1 fully saturated rings. The third-order valence-corrected chi connectivity index (χ3v) is 3.25. The number of hydrogen-bond acceptors (Lipinski definition) is 3. The first-order valence-electron chi connectivity index (χ1n) is 6.58. The number of carbonyl (C=O) groups excluding carboxylic acids is 1. The Labute approximate surface area is 118 Å². The largest absolute Gasteiger partial charge is 0.444 e. The number of rotatable bonds is 1. The highest BCUT2D eigenvalue weighted by atomic mass is 19.1. The molecule has 0 atom stereocenters. The highest BCUT2D eigenvalue weighted by molar-refractivity contribution is 5.70. The zero-order chi connectivity index (χ0) is 15.1. The summed E-state index contributed by atoms with van der Waals surface area (Å²) in [5.41, 5.74) is -0.347. The van der Waals surface area contributed by atoms with Crippen LogP contribution in [0.5, 0.6) is 0 Å². The van der Waals surface area contributed by atoms with Crippen LogP contribution in [0.25, 0.3) is 0 Å². The van der Waals surface area contributed by atoms with Gasteiger partial charge in [-0.1, -0.05) is 6.07 Å². The molecule has 0 bridgehead atoms. The molecule has 0 aromatic heterocycles. The highest BCUT2D eigenvalue weighted by Gasteiger charge is 2.47. The van der Waals surface area contributed by atoms with Crippen molar-refractivity contribution in [1.29, 1.82) is 0 Å². The number of β-amino-alcohol motifs (C(OH)–C–C–N with tert-alkyl or cyclic N) is 1. The lowest BCUT2D eigenvalue weighted by molar-refractivity contribution is -0.104. The van der Waals surface area contributed by atoms with Crippen LogP contribution < -0.4 is 0 Å². The van der Waals surface area contributed by atoms with Gasteiger partial charge in [-0.3, -0.25) is 0 Å². The number of ether oxygens (including phenoxy) is 1. The average Bonchev–Trinajstić information content (AvgIpc) is 2.22. The quantitative estimate of drug-likeness (QED) is 0.860. The minimum atomic E-state index is -1.12. The standard InChI is InChI=1S/C15H20FNO3/c1-10-7-11(16)5-6-12(10)15(19)8-17(9-15)13(18)20-14(2,3)4/h5-7,19H,8-9H2,1-4H3. The Morgan fingerprint density at radius 1 is 1.40 bits per heavy atom. The minimum Gasteiger partial charge on any atom is -0.444 e. The molecule has 0 aliphatic carbocycles. The van der Waals surface area contributed by atoms with E-state index in [-0.39, 0.29) is 18.9 Å². The summed E-state index contributed by atoms with van der Waals surface area (Å²) in [4.78, 5) is 13.3. The summed E-state index contributed by atoms with van der Waals surface area (Å²) in [6, 6.07) is 4.26. The van der Waals surface area contributed by atoms with Gasteiger partial charge in [-0.2, -0.15) is 0 Å². The third kappa shape index (κ3) is 2.93. The van der Waals surface area contributed by atoms with Crippen LogP contribution >= 0.6 is 0 Å². The maximum Gasteiger partial charge on any atom is 0.410 e. The fourth-order valence-corrected chi connectivity index (χ4v) is 2.36. The second-order valence-corrected chi connectivity index (χ2v) is 6.33. The van der Waals surface area contributed by atoms with Crippen LogP contribution in [0.4, 0.5) is 9.18 Å². The molecule has 5 heteroatoms. The van der Waals surface area contributed by atoms with Crippen molar-refractivity contribution >= 4 is 6.09 Å². The molecule has 2 rings (SSSR count). The molecule has 1 aliphatic heterocycles. The summed E-state index contributed by atoms with van der Waals surface area (Å²) in [5.74, 6) is -0.335. The first kappa shape index (κ1) is 14.8. The van der Waals surface area contributed by atoms with Crippen LogP contribution in [0.15, 0.2) is 18.2 Å². The summed E-state index contributed by atoms with van der Waals surface area (Å²) in [6.07, 6.45) is -0.443. The van der Waals surface area contributed by atoms with Crippen molar-refractivity contribution in [2.75, 3.05) is 13.1 Å². The van der Waals surface area contributed by atoms with Gasteiger partial charge in [0.2, 0.25) is 0 Å². The predicted molar refractivity (Wildman–Crippen MR) is 72.8 cm³/mol. The van der Waals surface area contributed by atoms with Gasteiger partial charge in [-0.05, 0) is 51.0 Å². The smallest absolute Gasteiger partial charge is 0.410 e. The van der Waals surface area contributed by atoms with Crippen LogP contribution in [0.2, 0.25) is 0 Å². The Morgan fingerprint density at radius 3 is 2.50 bits per heavy atom. The number of amides is 1. The summed E-state index contributed by atoms with van der Waals surface area (Å²) in [7, 11) is 0. The van der Waals surface area contributed by atoms with Gasteiger partial charge in [-0.25, -0.2) is 9.18 Å². The maximum absolute atomic E-state index is 13.1. The molecule has 1 N–H and O–H groups in total. The van der Waals surface area contributed by atoms with E-state index >= 15 is 0 Å². The van der Waals surface area contributed by atoms with Gasteiger partial charge in [0, 0.05) is 0 Å². The van der Waals surface area contributed by atoms with E-state index < -0.39 is 17.3 Å². The number of likely N-dealkylation sites (tertiary alicyclic amines) is 1. The van der Waals surface area contributed by atoms with Crippen molar-refractivity contribution in [3.8, 4) is 0 Å². The zero-order valence-corrected chi connectivity index (χ0v) is 12.2. The molecule has 1 aromatic carbocycles. The molecule has 20 heavy (non-hydrogen) atoms. The van der Waals surface area contributed by atoms with Crippen LogP contribution in [0.1, 0.15) is 31.9 Å². The molecule has 1 heterocycles. The average molecular weight is 281 g/mol. The van der Waals surface area contributed by atoms with Gasteiger partial charge in [-0.15, -0.1) is 0 Å². The van der Waals surface area contributed by atoms with Gasteiger partial charge in [0.1, 0.15) is 17.0 Å². The molecular formula is C15H20FNO3. The Morgan fingerprint density at radius 2 is 2.00 bits per heavy atom. The zero-order valence-electron chi connectivity index (χ0n) is 12.2. The lowest BCUT2D eigenvalue weighted by atomic mass is 9.84. The molecule has 0 saturated carbocycles.